The smallest absolute Gasteiger partial charge is 0.259 e. The number of aryl methyl sites for hydroxylation is 1. The summed E-state index contributed by atoms with van der Waals surface area (Å²) in [5.74, 6) is 1.80. The Kier molecular flexibility index (Phi) is 4.70. The van der Waals surface area contributed by atoms with Gasteiger partial charge >= 0.3 is 0 Å². The van der Waals surface area contributed by atoms with Crippen molar-refractivity contribution >= 4 is 5.91 Å². The molecule has 0 radical (unpaired) electrons. The first kappa shape index (κ1) is 17.4. The van der Waals surface area contributed by atoms with Crippen LogP contribution in [0.5, 0.6) is 0 Å². The van der Waals surface area contributed by atoms with E-state index in [9.17, 15) is 4.79 Å². The molecule has 0 aliphatic carbocycles. The standard InChI is InChI=1S/C19H22N6O2/c1-3-16-22-18(27-23-16)14-7-8-17(20-11-14)25-13(2)15(12-21-25)19(26)24-9-5-4-6-10-24/h7-8,11-12H,3-6,9-10H2,1-2H3. The van der Waals surface area contributed by atoms with Crippen LogP contribution in [0.4, 0.5) is 0 Å². The zero-order valence-corrected chi connectivity index (χ0v) is 15.6. The Morgan fingerprint density at radius 2 is 2.00 bits per heavy atom. The van der Waals surface area contributed by atoms with Gasteiger partial charge in [-0.2, -0.15) is 10.1 Å². The summed E-state index contributed by atoms with van der Waals surface area (Å²) in [5, 5.41) is 8.28. The van der Waals surface area contributed by atoms with Crippen LogP contribution in [0.2, 0.25) is 0 Å². The van der Waals surface area contributed by atoms with Crippen LogP contribution in [0.15, 0.2) is 29.0 Å². The van der Waals surface area contributed by atoms with E-state index in [1.807, 2.05) is 30.9 Å². The molecule has 3 aromatic rings. The molecule has 27 heavy (non-hydrogen) atoms. The average Bonchev–Trinajstić information content (AvgIpc) is 3.35. The van der Waals surface area contributed by atoms with Crippen molar-refractivity contribution in [3.05, 3.63) is 41.6 Å². The number of rotatable bonds is 4. The maximum absolute atomic E-state index is 12.8. The molecule has 140 valence electrons. The van der Waals surface area contributed by atoms with E-state index in [-0.39, 0.29) is 5.91 Å². The molecule has 0 atom stereocenters. The second-order valence-electron chi connectivity index (χ2n) is 6.68. The van der Waals surface area contributed by atoms with Crippen molar-refractivity contribution in [1.29, 1.82) is 0 Å². The number of carbonyl (C=O) groups is 1. The van der Waals surface area contributed by atoms with Crippen molar-refractivity contribution in [3.8, 4) is 17.3 Å². The van der Waals surface area contributed by atoms with Crippen LogP contribution in [0, 0.1) is 6.92 Å². The minimum Gasteiger partial charge on any atom is -0.339 e. The molecule has 8 nitrogen and oxygen atoms in total. The minimum absolute atomic E-state index is 0.0491. The number of nitrogens with zero attached hydrogens (tertiary/aromatic N) is 6. The highest BCUT2D eigenvalue weighted by molar-refractivity contribution is 5.95. The van der Waals surface area contributed by atoms with Crippen LogP contribution < -0.4 is 0 Å². The predicted molar refractivity (Wildman–Crippen MR) is 98.5 cm³/mol. The molecular weight excluding hydrogens is 344 g/mol. The van der Waals surface area contributed by atoms with Gasteiger partial charge in [-0.3, -0.25) is 4.79 Å². The quantitative estimate of drug-likeness (QED) is 0.705. The Morgan fingerprint density at radius 3 is 2.67 bits per heavy atom. The van der Waals surface area contributed by atoms with Gasteiger partial charge in [0.15, 0.2) is 11.6 Å². The molecule has 1 aliphatic rings. The molecule has 0 aromatic carbocycles. The molecule has 1 saturated heterocycles. The number of piperidine rings is 1. The lowest BCUT2D eigenvalue weighted by molar-refractivity contribution is 0.0723. The van der Waals surface area contributed by atoms with Gasteiger partial charge in [-0.25, -0.2) is 9.67 Å². The molecule has 0 bridgehead atoms. The molecule has 1 fully saturated rings. The lowest BCUT2D eigenvalue weighted by Crippen LogP contribution is -2.35. The Balaban J connectivity index is 1.57. The van der Waals surface area contributed by atoms with Crippen LogP contribution in [0.3, 0.4) is 0 Å². The van der Waals surface area contributed by atoms with E-state index in [2.05, 4.69) is 20.2 Å². The van der Waals surface area contributed by atoms with Crippen molar-refractivity contribution in [2.75, 3.05) is 13.1 Å². The van der Waals surface area contributed by atoms with E-state index in [1.165, 1.54) is 6.42 Å². The molecule has 4 rings (SSSR count). The molecule has 0 unspecified atom stereocenters. The van der Waals surface area contributed by atoms with Gasteiger partial charge in [0.25, 0.3) is 11.8 Å². The average molecular weight is 366 g/mol. The normalized spacial score (nSPS) is 14.5. The van der Waals surface area contributed by atoms with Gasteiger partial charge < -0.3 is 9.42 Å². The number of amides is 1. The van der Waals surface area contributed by atoms with E-state index in [0.717, 1.165) is 43.6 Å². The van der Waals surface area contributed by atoms with Crippen LogP contribution in [0.25, 0.3) is 17.3 Å². The third-order valence-corrected chi connectivity index (χ3v) is 4.88. The van der Waals surface area contributed by atoms with Gasteiger partial charge in [-0.05, 0) is 38.3 Å². The molecule has 0 spiro atoms. The lowest BCUT2D eigenvalue weighted by atomic mass is 10.1. The van der Waals surface area contributed by atoms with Crippen molar-refractivity contribution in [1.82, 2.24) is 29.8 Å². The molecule has 1 amide bonds. The molecule has 1 aliphatic heterocycles. The number of hydrogen-bond donors (Lipinski definition) is 0. The highest BCUT2D eigenvalue weighted by atomic mass is 16.5. The van der Waals surface area contributed by atoms with Gasteiger partial charge in [0, 0.05) is 25.7 Å². The summed E-state index contributed by atoms with van der Waals surface area (Å²) in [5.41, 5.74) is 2.17. The third-order valence-electron chi connectivity index (χ3n) is 4.88. The highest BCUT2D eigenvalue weighted by Crippen LogP contribution is 2.20. The van der Waals surface area contributed by atoms with E-state index < -0.39 is 0 Å². The van der Waals surface area contributed by atoms with E-state index in [4.69, 9.17) is 4.52 Å². The third kappa shape index (κ3) is 3.34. The number of pyridine rings is 1. The van der Waals surface area contributed by atoms with E-state index in [1.54, 1.807) is 17.1 Å². The highest BCUT2D eigenvalue weighted by Gasteiger charge is 2.22. The number of hydrogen-bond acceptors (Lipinski definition) is 6. The fourth-order valence-corrected chi connectivity index (χ4v) is 3.27. The second-order valence-corrected chi connectivity index (χ2v) is 6.68. The molecule has 0 N–H and O–H groups in total. The topological polar surface area (TPSA) is 89.9 Å². The maximum atomic E-state index is 12.8. The predicted octanol–water partition coefficient (Wildman–Crippen LogP) is 2.81. The first-order chi connectivity index (χ1) is 13.2. The van der Waals surface area contributed by atoms with Crippen LogP contribution in [0.1, 0.15) is 48.1 Å². The summed E-state index contributed by atoms with van der Waals surface area (Å²) in [4.78, 5) is 23.4. The number of likely N-dealkylation sites (tertiary alicyclic amines) is 1. The Hall–Kier alpha value is -3.03. The van der Waals surface area contributed by atoms with Crippen LogP contribution in [-0.4, -0.2) is 48.8 Å². The molecular formula is C19H22N6O2. The lowest BCUT2D eigenvalue weighted by Gasteiger charge is -2.26. The van der Waals surface area contributed by atoms with Crippen molar-refractivity contribution in [2.24, 2.45) is 0 Å². The SMILES string of the molecule is CCc1noc(-c2ccc(-n3ncc(C(=O)N4CCCCC4)c3C)nc2)n1. The van der Waals surface area contributed by atoms with Crippen molar-refractivity contribution in [3.63, 3.8) is 0 Å². The van der Waals surface area contributed by atoms with Gasteiger partial charge in [0.05, 0.1) is 23.0 Å². The first-order valence-electron chi connectivity index (χ1n) is 9.30. The van der Waals surface area contributed by atoms with Gasteiger partial charge in [0.2, 0.25) is 0 Å². The van der Waals surface area contributed by atoms with Gasteiger partial charge in [0.1, 0.15) is 0 Å². The van der Waals surface area contributed by atoms with Crippen molar-refractivity contribution < 1.29 is 9.32 Å². The van der Waals surface area contributed by atoms with Gasteiger partial charge in [-0.15, -0.1) is 0 Å². The Bertz CT molecular complexity index is 938. The summed E-state index contributed by atoms with van der Waals surface area (Å²) in [6.45, 7) is 5.51. The summed E-state index contributed by atoms with van der Waals surface area (Å²) >= 11 is 0. The summed E-state index contributed by atoms with van der Waals surface area (Å²) in [7, 11) is 0. The van der Waals surface area contributed by atoms with E-state index >= 15 is 0 Å². The summed E-state index contributed by atoms with van der Waals surface area (Å²) < 4.78 is 6.93. The Morgan fingerprint density at radius 1 is 1.19 bits per heavy atom. The zero-order valence-electron chi connectivity index (χ0n) is 15.6. The fourth-order valence-electron chi connectivity index (χ4n) is 3.27. The monoisotopic (exact) mass is 366 g/mol. The molecule has 0 saturated carbocycles. The van der Waals surface area contributed by atoms with Crippen LogP contribution >= 0.6 is 0 Å². The van der Waals surface area contributed by atoms with Gasteiger partial charge in [-0.1, -0.05) is 12.1 Å². The largest absolute Gasteiger partial charge is 0.339 e. The molecule has 4 heterocycles. The second kappa shape index (κ2) is 7.30. The minimum atomic E-state index is 0.0491. The van der Waals surface area contributed by atoms with E-state index in [0.29, 0.717) is 23.1 Å². The fraction of sp³-hybridized carbons (Fsp3) is 0.421. The summed E-state index contributed by atoms with van der Waals surface area (Å²) in [6, 6.07) is 3.70. The molecule has 3 aromatic heterocycles. The zero-order chi connectivity index (χ0) is 18.8. The maximum Gasteiger partial charge on any atom is 0.259 e. The first-order valence-corrected chi connectivity index (χ1v) is 9.30. The summed E-state index contributed by atoms with van der Waals surface area (Å²) in [6.07, 6.45) is 7.35. The number of aromatic nitrogens is 5. The van der Waals surface area contributed by atoms with Crippen LogP contribution in [-0.2, 0) is 6.42 Å². The molecule has 8 heteroatoms. The Labute approximate surface area is 157 Å². The van der Waals surface area contributed by atoms with Crippen molar-refractivity contribution in [2.45, 2.75) is 39.5 Å². The number of carbonyl (C=O) groups excluding carboxylic acids is 1.